The van der Waals surface area contributed by atoms with Crippen LogP contribution in [0.1, 0.15) is 48.2 Å². The van der Waals surface area contributed by atoms with Gasteiger partial charge in [0.15, 0.2) is 0 Å². The number of hydrogen-bond acceptors (Lipinski definition) is 6. The van der Waals surface area contributed by atoms with Crippen molar-refractivity contribution in [3.8, 4) is 5.75 Å². The van der Waals surface area contributed by atoms with Gasteiger partial charge in [0.05, 0.1) is 24.6 Å². The zero-order valence-electron chi connectivity index (χ0n) is 22.2. The van der Waals surface area contributed by atoms with E-state index in [0.717, 1.165) is 18.4 Å². The van der Waals surface area contributed by atoms with Gasteiger partial charge in [0.2, 0.25) is 11.8 Å². The van der Waals surface area contributed by atoms with Crippen molar-refractivity contribution < 1.29 is 29.3 Å². The second-order valence-corrected chi connectivity index (χ2v) is 10.7. The number of carbonyl (C=O) groups is 3. The number of carboxylic acids is 1. The van der Waals surface area contributed by atoms with E-state index in [1.165, 1.54) is 0 Å². The van der Waals surface area contributed by atoms with Gasteiger partial charge in [-0.15, -0.1) is 0 Å². The van der Waals surface area contributed by atoms with Crippen LogP contribution in [0.5, 0.6) is 5.75 Å². The quantitative estimate of drug-likeness (QED) is 0.462. The average molecular weight is 524 g/mol. The predicted octanol–water partition coefficient (Wildman–Crippen LogP) is 3.01. The molecule has 4 rings (SSSR count). The first-order valence-corrected chi connectivity index (χ1v) is 13.2. The van der Waals surface area contributed by atoms with Crippen molar-refractivity contribution >= 4 is 23.5 Å². The number of likely N-dealkylation sites (N-methyl/N-ethyl adjacent to an activating group) is 1. The van der Waals surface area contributed by atoms with Crippen LogP contribution in [0.25, 0.3) is 0 Å². The molecule has 9 nitrogen and oxygen atoms in total. The minimum Gasteiger partial charge on any atom is -0.488 e. The van der Waals surface area contributed by atoms with Gasteiger partial charge in [-0.3, -0.25) is 14.5 Å². The maximum absolute atomic E-state index is 13.3. The molecule has 204 valence electrons. The molecule has 2 aromatic carbocycles. The molecule has 0 radical (unpaired) electrons. The van der Waals surface area contributed by atoms with Gasteiger partial charge in [-0.05, 0) is 62.7 Å². The molecule has 3 N–H and O–H groups in total. The molecule has 1 heterocycles. The lowest BCUT2D eigenvalue weighted by molar-refractivity contribution is -0.134. The van der Waals surface area contributed by atoms with E-state index in [9.17, 15) is 19.5 Å². The van der Waals surface area contributed by atoms with Crippen molar-refractivity contribution in [2.45, 2.75) is 51.8 Å². The minimum absolute atomic E-state index is 0.000279. The van der Waals surface area contributed by atoms with Crippen LogP contribution in [0.4, 0.5) is 5.69 Å². The van der Waals surface area contributed by atoms with Crippen LogP contribution in [-0.2, 0) is 22.6 Å². The SMILES string of the molecule is C[C@H]1CN([C@@H](C)CO)C(=O)Cc2cc(NC(=O)C3CC3)ccc2O[C@H]1CN(C)Cc1ccc(C(=O)O)cc1. The lowest BCUT2D eigenvalue weighted by atomic mass is 10.0. The topological polar surface area (TPSA) is 119 Å². The Hall–Kier alpha value is -3.43. The van der Waals surface area contributed by atoms with E-state index in [2.05, 4.69) is 10.2 Å². The van der Waals surface area contributed by atoms with E-state index in [4.69, 9.17) is 9.84 Å². The van der Waals surface area contributed by atoms with Gasteiger partial charge in [-0.25, -0.2) is 4.79 Å². The van der Waals surface area contributed by atoms with Crippen molar-refractivity contribution in [2.24, 2.45) is 11.8 Å². The summed E-state index contributed by atoms with van der Waals surface area (Å²) in [6, 6.07) is 11.9. The number of amides is 2. The molecule has 0 aromatic heterocycles. The van der Waals surface area contributed by atoms with Gasteiger partial charge in [0, 0.05) is 42.7 Å². The summed E-state index contributed by atoms with van der Waals surface area (Å²) in [5.41, 5.74) is 2.57. The molecule has 2 amide bonds. The zero-order valence-corrected chi connectivity index (χ0v) is 22.2. The molecule has 0 bridgehead atoms. The van der Waals surface area contributed by atoms with E-state index in [1.54, 1.807) is 17.0 Å². The highest BCUT2D eigenvalue weighted by Crippen LogP contribution is 2.32. The average Bonchev–Trinajstić information content (AvgIpc) is 3.73. The standard InChI is InChI=1S/C29H37N3O6/c1-18-14-32(19(2)17-33)27(34)13-23-12-24(30-28(35)21-8-9-21)10-11-25(23)38-26(18)16-31(3)15-20-4-6-22(7-5-20)29(36)37/h4-7,10-12,18-19,21,26,33H,8-9,13-17H2,1-3H3,(H,30,35)(H,36,37)/t18-,19-,26-/m0/s1. The summed E-state index contributed by atoms with van der Waals surface area (Å²) in [7, 11) is 1.98. The number of carbonyl (C=O) groups excluding carboxylic acids is 2. The number of nitrogens with one attached hydrogen (secondary N) is 1. The van der Waals surface area contributed by atoms with Crippen LogP contribution in [0.3, 0.4) is 0 Å². The molecule has 9 heteroatoms. The molecule has 2 aliphatic rings. The molecule has 1 aliphatic heterocycles. The number of anilines is 1. The number of fused-ring (bicyclic) bond motifs is 1. The van der Waals surface area contributed by atoms with Gasteiger partial charge < -0.3 is 25.2 Å². The molecule has 3 atom stereocenters. The molecule has 0 spiro atoms. The number of benzene rings is 2. The Morgan fingerprint density at radius 2 is 1.89 bits per heavy atom. The molecular formula is C29H37N3O6. The molecule has 1 saturated carbocycles. The highest BCUT2D eigenvalue weighted by molar-refractivity contribution is 5.94. The number of aliphatic hydroxyl groups excluding tert-OH is 1. The molecule has 0 unspecified atom stereocenters. The number of hydrogen-bond donors (Lipinski definition) is 3. The Kier molecular flexibility index (Phi) is 8.69. The van der Waals surface area contributed by atoms with E-state index < -0.39 is 5.97 Å². The van der Waals surface area contributed by atoms with Crippen LogP contribution in [0.15, 0.2) is 42.5 Å². The van der Waals surface area contributed by atoms with Crippen LogP contribution in [0, 0.1) is 11.8 Å². The van der Waals surface area contributed by atoms with Crippen LogP contribution >= 0.6 is 0 Å². The molecular weight excluding hydrogens is 486 g/mol. The Morgan fingerprint density at radius 1 is 1.18 bits per heavy atom. The molecule has 38 heavy (non-hydrogen) atoms. The van der Waals surface area contributed by atoms with Crippen molar-refractivity contribution in [2.75, 3.05) is 32.1 Å². The van der Waals surface area contributed by atoms with Gasteiger partial charge in [0.1, 0.15) is 11.9 Å². The first-order valence-electron chi connectivity index (χ1n) is 13.2. The van der Waals surface area contributed by atoms with Gasteiger partial charge >= 0.3 is 5.97 Å². The fraction of sp³-hybridized carbons (Fsp3) is 0.483. The molecule has 0 saturated heterocycles. The van der Waals surface area contributed by atoms with Gasteiger partial charge in [0.25, 0.3) is 0 Å². The van der Waals surface area contributed by atoms with Crippen LogP contribution in [0.2, 0.25) is 0 Å². The summed E-state index contributed by atoms with van der Waals surface area (Å²) in [4.78, 5) is 40.6. The Balaban J connectivity index is 1.56. The monoisotopic (exact) mass is 523 g/mol. The summed E-state index contributed by atoms with van der Waals surface area (Å²) < 4.78 is 6.54. The van der Waals surface area contributed by atoms with Crippen molar-refractivity contribution in [3.05, 3.63) is 59.2 Å². The van der Waals surface area contributed by atoms with E-state index in [-0.39, 0.29) is 54.4 Å². The second-order valence-electron chi connectivity index (χ2n) is 10.7. The molecule has 1 aliphatic carbocycles. The van der Waals surface area contributed by atoms with Gasteiger partial charge in [-0.1, -0.05) is 19.1 Å². The first kappa shape index (κ1) is 27.6. The normalized spacial score (nSPS) is 20.6. The zero-order chi connectivity index (χ0) is 27.4. The lowest BCUT2D eigenvalue weighted by Crippen LogP contribution is -2.47. The third-order valence-corrected chi connectivity index (χ3v) is 7.28. The second kappa shape index (κ2) is 12.0. The summed E-state index contributed by atoms with van der Waals surface area (Å²) in [6.45, 7) is 5.34. The third-order valence-electron chi connectivity index (χ3n) is 7.28. The molecule has 1 fully saturated rings. The number of ether oxygens (including phenoxy) is 1. The molecule has 2 aromatic rings. The van der Waals surface area contributed by atoms with Crippen molar-refractivity contribution in [1.29, 1.82) is 0 Å². The summed E-state index contributed by atoms with van der Waals surface area (Å²) in [6.07, 6.45) is 1.66. The largest absolute Gasteiger partial charge is 0.488 e. The fourth-order valence-corrected chi connectivity index (χ4v) is 4.75. The van der Waals surface area contributed by atoms with Gasteiger partial charge in [-0.2, -0.15) is 0 Å². The van der Waals surface area contributed by atoms with E-state index in [1.807, 2.05) is 51.2 Å². The lowest BCUT2D eigenvalue weighted by Gasteiger charge is -2.34. The minimum atomic E-state index is -0.956. The summed E-state index contributed by atoms with van der Waals surface area (Å²) in [5.74, 6) is -0.410. The number of aliphatic hydroxyl groups is 1. The highest BCUT2D eigenvalue weighted by atomic mass is 16.5. The smallest absolute Gasteiger partial charge is 0.335 e. The van der Waals surface area contributed by atoms with Crippen molar-refractivity contribution in [1.82, 2.24) is 9.80 Å². The number of nitrogens with zero attached hydrogens (tertiary/aromatic N) is 2. The number of rotatable bonds is 9. The predicted molar refractivity (Wildman–Crippen MR) is 143 cm³/mol. The number of aromatic carboxylic acids is 1. The number of carboxylic acid groups (broad SMARTS) is 1. The Morgan fingerprint density at radius 3 is 2.53 bits per heavy atom. The van der Waals surface area contributed by atoms with Crippen LogP contribution in [-0.4, -0.2) is 76.7 Å². The summed E-state index contributed by atoms with van der Waals surface area (Å²) >= 11 is 0. The Labute approximate surface area is 223 Å². The first-order chi connectivity index (χ1) is 18.1. The van der Waals surface area contributed by atoms with Crippen LogP contribution < -0.4 is 10.1 Å². The van der Waals surface area contributed by atoms with E-state index in [0.29, 0.717) is 36.6 Å². The maximum atomic E-state index is 13.3. The Bertz CT molecular complexity index is 1160. The maximum Gasteiger partial charge on any atom is 0.335 e. The summed E-state index contributed by atoms with van der Waals surface area (Å²) in [5, 5.41) is 21.9. The van der Waals surface area contributed by atoms with E-state index >= 15 is 0 Å². The fourth-order valence-electron chi connectivity index (χ4n) is 4.75. The van der Waals surface area contributed by atoms with Crippen molar-refractivity contribution in [3.63, 3.8) is 0 Å². The third kappa shape index (κ3) is 6.90. The highest BCUT2D eigenvalue weighted by Gasteiger charge is 2.32.